The van der Waals surface area contributed by atoms with Crippen LogP contribution in [-0.2, 0) is 9.53 Å². The van der Waals surface area contributed by atoms with Crippen molar-refractivity contribution >= 4 is 5.97 Å². The molecule has 90 valence electrons. The standard InChI is InChI=1S/C12H19NO3/c1-5-12-7-6-8(14)13(12)9(11(2,3)4)16-10(12)15/h5,8-9,14H,1,6-7H2,2-4H3. The third-order valence-electron chi connectivity index (χ3n) is 3.47. The van der Waals surface area contributed by atoms with Gasteiger partial charge in [0.15, 0.2) is 6.23 Å². The van der Waals surface area contributed by atoms with Crippen LogP contribution in [0.25, 0.3) is 0 Å². The average molecular weight is 225 g/mol. The molecule has 0 aliphatic carbocycles. The van der Waals surface area contributed by atoms with Crippen LogP contribution in [0.1, 0.15) is 33.6 Å². The van der Waals surface area contributed by atoms with Gasteiger partial charge >= 0.3 is 5.97 Å². The summed E-state index contributed by atoms with van der Waals surface area (Å²) < 4.78 is 5.41. The first kappa shape index (κ1) is 11.6. The minimum absolute atomic E-state index is 0.217. The normalized spacial score (nSPS) is 39.6. The molecule has 16 heavy (non-hydrogen) atoms. The Kier molecular flexibility index (Phi) is 2.40. The van der Waals surface area contributed by atoms with Crippen molar-refractivity contribution in [3.63, 3.8) is 0 Å². The second-order valence-corrected chi connectivity index (χ2v) is 5.68. The van der Waals surface area contributed by atoms with Crippen LogP contribution >= 0.6 is 0 Å². The van der Waals surface area contributed by atoms with Crippen LogP contribution in [0.3, 0.4) is 0 Å². The first-order chi connectivity index (χ1) is 7.33. The molecule has 2 aliphatic heterocycles. The van der Waals surface area contributed by atoms with Crippen LogP contribution in [0.2, 0.25) is 0 Å². The SMILES string of the molecule is C=CC12CCC(O)N1C(C(C)(C)C)OC2=O. The minimum atomic E-state index is -0.808. The smallest absolute Gasteiger partial charge is 0.332 e. The van der Waals surface area contributed by atoms with Crippen molar-refractivity contribution in [3.05, 3.63) is 12.7 Å². The highest BCUT2D eigenvalue weighted by Crippen LogP contribution is 2.46. The van der Waals surface area contributed by atoms with Gasteiger partial charge in [-0.05, 0) is 12.8 Å². The predicted octanol–water partition coefficient (Wildman–Crippen LogP) is 1.25. The van der Waals surface area contributed by atoms with E-state index in [9.17, 15) is 9.90 Å². The van der Waals surface area contributed by atoms with E-state index >= 15 is 0 Å². The Bertz CT molecular complexity index is 334. The summed E-state index contributed by atoms with van der Waals surface area (Å²) in [4.78, 5) is 13.7. The maximum Gasteiger partial charge on any atom is 0.332 e. The summed E-state index contributed by atoms with van der Waals surface area (Å²) in [5, 5.41) is 9.99. The van der Waals surface area contributed by atoms with E-state index in [1.807, 2.05) is 20.8 Å². The maximum absolute atomic E-state index is 12.0. The summed E-state index contributed by atoms with van der Waals surface area (Å²) in [5.74, 6) is -0.279. The summed E-state index contributed by atoms with van der Waals surface area (Å²) in [5.41, 5.74) is -1.02. The Morgan fingerprint density at radius 2 is 2.25 bits per heavy atom. The molecule has 4 heteroatoms. The highest BCUT2D eigenvalue weighted by atomic mass is 16.6. The Morgan fingerprint density at radius 1 is 1.62 bits per heavy atom. The molecule has 0 saturated carbocycles. The van der Waals surface area contributed by atoms with E-state index in [0.717, 1.165) is 0 Å². The number of aliphatic hydroxyl groups excluding tert-OH is 1. The van der Waals surface area contributed by atoms with Gasteiger partial charge in [-0.15, -0.1) is 6.58 Å². The van der Waals surface area contributed by atoms with Crippen LogP contribution in [0.5, 0.6) is 0 Å². The zero-order valence-corrected chi connectivity index (χ0v) is 10.1. The zero-order chi connectivity index (χ0) is 12.1. The number of ether oxygens (including phenoxy) is 1. The lowest BCUT2D eigenvalue weighted by atomic mass is 9.91. The third-order valence-corrected chi connectivity index (χ3v) is 3.47. The molecule has 0 radical (unpaired) electrons. The van der Waals surface area contributed by atoms with Gasteiger partial charge in [0, 0.05) is 5.41 Å². The van der Waals surface area contributed by atoms with Crippen molar-refractivity contribution in [2.24, 2.45) is 5.41 Å². The molecule has 0 bridgehead atoms. The monoisotopic (exact) mass is 225 g/mol. The molecule has 0 aromatic carbocycles. The van der Waals surface area contributed by atoms with Crippen molar-refractivity contribution in [2.75, 3.05) is 0 Å². The molecule has 2 fully saturated rings. The van der Waals surface area contributed by atoms with Gasteiger partial charge in [-0.2, -0.15) is 0 Å². The predicted molar refractivity (Wildman–Crippen MR) is 59.3 cm³/mol. The second kappa shape index (κ2) is 3.31. The lowest BCUT2D eigenvalue weighted by Crippen LogP contribution is -2.51. The van der Waals surface area contributed by atoms with Crippen LogP contribution < -0.4 is 0 Å². The molecule has 0 aromatic heterocycles. The van der Waals surface area contributed by atoms with Crippen LogP contribution in [0.4, 0.5) is 0 Å². The molecular formula is C12H19NO3. The summed E-state index contributed by atoms with van der Waals surface area (Å²) in [6, 6.07) is 0. The summed E-state index contributed by atoms with van der Waals surface area (Å²) in [6.07, 6.45) is 1.79. The minimum Gasteiger partial charge on any atom is -0.444 e. The highest BCUT2D eigenvalue weighted by molar-refractivity contribution is 5.86. The van der Waals surface area contributed by atoms with Gasteiger partial charge in [-0.25, -0.2) is 9.69 Å². The Labute approximate surface area is 95.9 Å². The highest BCUT2D eigenvalue weighted by Gasteiger charge is 2.61. The van der Waals surface area contributed by atoms with Crippen LogP contribution in [-0.4, -0.2) is 34.0 Å². The van der Waals surface area contributed by atoms with E-state index < -0.39 is 11.8 Å². The Morgan fingerprint density at radius 3 is 2.75 bits per heavy atom. The van der Waals surface area contributed by atoms with Crippen molar-refractivity contribution in [1.29, 1.82) is 0 Å². The number of hydrogen-bond donors (Lipinski definition) is 1. The molecular weight excluding hydrogens is 206 g/mol. The summed E-state index contributed by atoms with van der Waals surface area (Å²) in [7, 11) is 0. The van der Waals surface area contributed by atoms with E-state index in [2.05, 4.69) is 6.58 Å². The van der Waals surface area contributed by atoms with Crippen LogP contribution in [0.15, 0.2) is 12.7 Å². The fourth-order valence-corrected chi connectivity index (χ4v) is 2.60. The molecule has 2 aliphatic rings. The van der Waals surface area contributed by atoms with Crippen LogP contribution in [0, 0.1) is 5.41 Å². The van der Waals surface area contributed by atoms with E-state index in [1.54, 1.807) is 11.0 Å². The molecule has 2 heterocycles. The number of cyclic esters (lactones) is 1. The number of esters is 1. The molecule has 4 nitrogen and oxygen atoms in total. The summed E-state index contributed by atoms with van der Waals surface area (Å²) in [6.45, 7) is 9.71. The summed E-state index contributed by atoms with van der Waals surface area (Å²) >= 11 is 0. The maximum atomic E-state index is 12.0. The number of carbonyl (C=O) groups excluding carboxylic acids is 1. The zero-order valence-electron chi connectivity index (χ0n) is 10.1. The number of aliphatic hydroxyl groups is 1. The molecule has 2 rings (SSSR count). The Balaban J connectivity index is 2.42. The van der Waals surface area contributed by atoms with Crippen molar-refractivity contribution in [2.45, 2.75) is 51.6 Å². The van der Waals surface area contributed by atoms with E-state index in [1.165, 1.54) is 0 Å². The third kappa shape index (κ3) is 1.33. The lowest BCUT2D eigenvalue weighted by molar-refractivity contribution is -0.152. The number of rotatable bonds is 1. The van der Waals surface area contributed by atoms with Gasteiger partial charge in [0.25, 0.3) is 0 Å². The van der Waals surface area contributed by atoms with Gasteiger partial charge in [0.1, 0.15) is 11.8 Å². The van der Waals surface area contributed by atoms with E-state index in [0.29, 0.717) is 12.8 Å². The number of carbonyl (C=O) groups is 1. The Hall–Kier alpha value is -0.870. The molecule has 3 unspecified atom stereocenters. The molecule has 0 aromatic rings. The molecule has 1 N–H and O–H groups in total. The van der Waals surface area contributed by atoms with Crippen molar-refractivity contribution in [1.82, 2.24) is 4.90 Å². The molecule has 0 spiro atoms. The first-order valence-electron chi connectivity index (χ1n) is 5.64. The fourth-order valence-electron chi connectivity index (χ4n) is 2.60. The largest absolute Gasteiger partial charge is 0.444 e. The average Bonchev–Trinajstić information content (AvgIpc) is 2.65. The second-order valence-electron chi connectivity index (χ2n) is 5.68. The number of nitrogens with zero attached hydrogens (tertiary/aromatic N) is 1. The fraction of sp³-hybridized carbons (Fsp3) is 0.750. The van der Waals surface area contributed by atoms with Gasteiger partial charge in [0.2, 0.25) is 0 Å². The van der Waals surface area contributed by atoms with Gasteiger partial charge in [0.05, 0.1) is 0 Å². The van der Waals surface area contributed by atoms with Gasteiger partial charge < -0.3 is 9.84 Å². The number of fused-ring (bicyclic) bond motifs is 1. The molecule has 2 saturated heterocycles. The van der Waals surface area contributed by atoms with Gasteiger partial charge in [-0.3, -0.25) is 0 Å². The topological polar surface area (TPSA) is 49.8 Å². The van der Waals surface area contributed by atoms with Crippen molar-refractivity contribution in [3.8, 4) is 0 Å². The quantitative estimate of drug-likeness (QED) is 0.539. The first-order valence-corrected chi connectivity index (χ1v) is 5.64. The lowest BCUT2D eigenvalue weighted by Gasteiger charge is -2.36. The van der Waals surface area contributed by atoms with Gasteiger partial charge in [-0.1, -0.05) is 26.8 Å². The molecule has 3 atom stereocenters. The van der Waals surface area contributed by atoms with E-state index in [-0.39, 0.29) is 17.6 Å². The molecule has 0 amide bonds. The number of hydrogen-bond acceptors (Lipinski definition) is 4. The van der Waals surface area contributed by atoms with E-state index in [4.69, 9.17) is 4.74 Å². The van der Waals surface area contributed by atoms with Crippen molar-refractivity contribution < 1.29 is 14.6 Å².